The number of hydrogen-bond donors (Lipinski definition) is 0. The summed E-state index contributed by atoms with van der Waals surface area (Å²) < 4.78 is 0. The normalized spacial score (nSPS) is 11.0. The SMILES string of the molecule is CCCCCCCCCCCCCCCCCCC(=O)N(Cc1ccccc1)Cc1ccccc1. The lowest BCUT2D eigenvalue weighted by Gasteiger charge is -2.23. The molecule has 194 valence electrons. The molecule has 0 saturated carbocycles. The largest absolute Gasteiger partial charge is 0.334 e. The van der Waals surface area contributed by atoms with Crippen molar-refractivity contribution in [3.8, 4) is 0 Å². The van der Waals surface area contributed by atoms with Gasteiger partial charge in [-0.25, -0.2) is 0 Å². The van der Waals surface area contributed by atoms with Crippen LogP contribution in [0.2, 0.25) is 0 Å². The van der Waals surface area contributed by atoms with Crippen LogP contribution >= 0.6 is 0 Å². The zero-order chi connectivity index (χ0) is 24.8. The molecule has 0 bridgehead atoms. The maximum Gasteiger partial charge on any atom is 0.223 e. The summed E-state index contributed by atoms with van der Waals surface area (Å²) in [6.07, 6.45) is 22.4. The number of hydrogen-bond acceptors (Lipinski definition) is 1. The molecule has 0 heterocycles. The topological polar surface area (TPSA) is 20.3 Å². The number of unbranched alkanes of at least 4 members (excludes halogenated alkanes) is 15. The van der Waals surface area contributed by atoms with E-state index >= 15 is 0 Å². The summed E-state index contributed by atoms with van der Waals surface area (Å²) in [5.74, 6) is 0.281. The van der Waals surface area contributed by atoms with Gasteiger partial charge in [-0.3, -0.25) is 4.79 Å². The standard InChI is InChI=1S/C33H51NO/c1-2-3-4-5-6-7-8-9-10-11-12-13-14-15-16-23-28-33(35)34(29-31-24-19-17-20-25-31)30-32-26-21-18-22-27-32/h17-22,24-27H,2-16,23,28-30H2,1H3. The minimum absolute atomic E-state index is 0.281. The Kier molecular flexibility index (Phi) is 16.8. The van der Waals surface area contributed by atoms with Crippen LogP contribution in [0.15, 0.2) is 60.7 Å². The van der Waals surface area contributed by atoms with E-state index in [-0.39, 0.29) is 5.91 Å². The summed E-state index contributed by atoms with van der Waals surface area (Å²) in [5.41, 5.74) is 2.40. The maximum absolute atomic E-state index is 13.0. The molecule has 2 rings (SSSR count). The molecule has 2 aromatic rings. The minimum atomic E-state index is 0.281. The van der Waals surface area contributed by atoms with E-state index in [1.54, 1.807) is 0 Å². The molecule has 0 aliphatic heterocycles. The van der Waals surface area contributed by atoms with Gasteiger partial charge in [0.15, 0.2) is 0 Å². The number of nitrogens with zero attached hydrogens (tertiary/aromatic N) is 1. The lowest BCUT2D eigenvalue weighted by Crippen LogP contribution is -2.29. The summed E-state index contributed by atoms with van der Waals surface area (Å²) in [6, 6.07) is 20.7. The molecule has 0 aliphatic carbocycles. The Morgan fingerprint density at radius 1 is 0.514 bits per heavy atom. The van der Waals surface area contributed by atoms with Crippen LogP contribution in [0.1, 0.15) is 127 Å². The molecule has 0 unspecified atom stereocenters. The highest BCUT2D eigenvalue weighted by molar-refractivity contribution is 5.76. The van der Waals surface area contributed by atoms with Crippen molar-refractivity contribution in [1.82, 2.24) is 4.90 Å². The van der Waals surface area contributed by atoms with Gasteiger partial charge in [0.05, 0.1) is 0 Å². The van der Waals surface area contributed by atoms with Crippen molar-refractivity contribution >= 4 is 5.91 Å². The zero-order valence-corrected chi connectivity index (χ0v) is 22.6. The Hall–Kier alpha value is -2.09. The second-order valence-corrected chi connectivity index (χ2v) is 10.3. The molecule has 0 atom stereocenters. The molecule has 2 aromatic carbocycles. The molecule has 0 N–H and O–H groups in total. The summed E-state index contributed by atoms with van der Waals surface area (Å²) in [5, 5.41) is 0. The number of rotatable bonds is 21. The Morgan fingerprint density at radius 3 is 1.23 bits per heavy atom. The Balaban J connectivity index is 1.51. The fourth-order valence-electron chi connectivity index (χ4n) is 4.82. The molecule has 1 amide bonds. The lowest BCUT2D eigenvalue weighted by atomic mass is 10.0. The molecule has 0 aliphatic rings. The molecule has 0 spiro atoms. The lowest BCUT2D eigenvalue weighted by molar-refractivity contribution is -0.132. The fraction of sp³-hybridized carbons (Fsp3) is 0.606. The van der Waals surface area contributed by atoms with Crippen LogP contribution < -0.4 is 0 Å². The molecule has 0 radical (unpaired) electrons. The third-order valence-corrected chi connectivity index (χ3v) is 7.03. The smallest absolute Gasteiger partial charge is 0.223 e. The van der Waals surface area contributed by atoms with E-state index in [4.69, 9.17) is 0 Å². The van der Waals surface area contributed by atoms with E-state index in [9.17, 15) is 4.79 Å². The van der Waals surface area contributed by atoms with Crippen molar-refractivity contribution in [2.24, 2.45) is 0 Å². The Labute approximate surface area is 216 Å². The monoisotopic (exact) mass is 477 g/mol. The van der Waals surface area contributed by atoms with Crippen molar-refractivity contribution in [3.63, 3.8) is 0 Å². The van der Waals surface area contributed by atoms with Crippen molar-refractivity contribution in [3.05, 3.63) is 71.8 Å². The first-order valence-electron chi connectivity index (χ1n) is 14.6. The number of carbonyl (C=O) groups is 1. The molecular weight excluding hydrogens is 426 g/mol. The fourth-order valence-corrected chi connectivity index (χ4v) is 4.82. The molecular formula is C33H51NO. The van der Waals surface area contributed by atoms with Crippen LogP contribution in [0, 0.1) is 0 Å². The van der Waals surface area contributed by atoms with Crippen molar-refractivity contribution in [1.29, 1.82) is 0 Å². The van der Waals surface area contributed by atoms with Gasteiger partial charge in [-0.1, -0.05) is 164 Å². The van der Waals surface area contributed by atoms with Gasteiger partial charge in [0.1, 0.15) is 0 Å². The third-order valence-electron chi connectivity index (χ3n) is 7.03. The highest BCUT2D eigenvalue weighted by Gasteiger charge is 2.14. The Morgan fingerprint density at radius 2 is 0.857 bits per heavy atom. The van der Waals surface area contributed by atoms with E-state index in [0.29, 0.717) is 19.5 Å². The molecule has 0 aromatic heterocycles. The first-order chi connectivity index (χ1) is 17.3. The van der Waals surface area contributed by atoms with Gasteiger partial charge in [0.25, 0.3) is 0 Å². The average Bonchev–Trinajstić information content (AvgIpc) is 2.89. The van der Waals surface area contributed by atoms with Gasteiger partial charge in [0.2, 0.25) is 5.91 Å². The second-order valence-electron chi connectivity index (χ2n) is 10.3. The van der Waals surface area contributed by atoms with E-state index in [2.05, 4.69) is 55.5 Å². The molecule has 0 saturated heterocycles. The van der Waals surface area contributed by atoms with Gasteiger partial charge >= 0.3 is 0 Å². The van der Waals surface area contributed by atoms with Crippen LogP contribution in [0.3, 0.4) is 0 Å². The van der Waals surface area contributed by atoms with E-state index in [1.165, 1.54) is 107 Å². The number of amides is 1. The molecule has 0 fully saturated rings. The first-order valence-corrected chi connectivity index (χ1v) is 14.6. The Bertz CT molecular complexity index is 701. The summed E-state index contributed by atoms with van der Waals surface area (Å²) >= 11 is 0. The third kappa shape index (κ3) is 14.8. The van der Waals surface area contributed by atoms with Crippen LogP contribution in [0.25, 0.3) is 0 Å². The van der Waals surface area contributed by atoms with Gasteiger partial charge in [-0.2, -0.15) is 0 Å². The summed E-state index contributed by atoms with van der Waals surface area (Å²) in [4.78, 5) is 15.0. The van der Waals surface area contributed by atoms with Crippen LogP contribution in [-0.2, 0) is 17.9 Å². The average molecular weight is 478 g/mol. The predicted molar refractivity (Wildman–Crippen MR) is 151 cm³/mol. The predicted octanol–water partition coefficient (Wildman–Crippen LogP) is 9.87. The highest BCUT2D eigenvalue weighted by Crippen LogP contribution is 2.16. The van der Waals surface area contributed by atoms with Gasteiger partial charge in [-0.15, -0.1) is 0 Å². The van der Waals surface area contributed by atoms with E-state index in [1.807, 2.05) is 17.0 Å². The van der Waals surface area contributed by atoms with Crippen molar-refractivity contribution in [2.45, 2.75) is 129 Å². The number of benzene rings is 2. The molecule has 2 nitrogen and oxygen atoms in total. The van der Waals surface area contributed by atoms with Crippen LogP contribution in [0.5, 0.6) is 0 Å². The minimum Gasteiger partial charge on any atom is -0.334 e. The van der Waals surface area contributed by atoms with Crippen LogP contribution in [0.4, 0.5) is 0 Å². The highest BCUT2D eigenvalue weighted by atomic mass is 16.2. The zero-order valence-electron chi connectivity index (χ0n) is 22.6. The second kappa shape index (κ2) is 20.1. The summed E-state index contributed by atoms with van der Waals surface area (Å²) in [6.45, 7) is 3.66. The van der Waals surface area contributed by atoms with Crippen molar-refractivity contribution < 1.29 is 4.79 Å². The molecule has 35 heavy (non-hydrogen) atoms. The quantitative estimate of drug-likeness (QED) is 0.164. The van der Waals surface area contributed by atoms with E-state index in [0.717, 1.165) is 6.42 Å². The first kappa shape index (κ1) is 29.1. The van der Waals surface area contributed by atoms with Crippen LogP contribution in [-0.4, -0.2) is 10.8 Å². The van der Waals surface area contributed by atoms with Gasteiger partial charge in [-0.05, 0) is 17.5 Å². The van der Waals surface area contributed by atoms with Crippen molar-refractivity contribution in [2.75, 3.05) is 0 Å². The molecule has 2 heteroatoms. The number of carbonyl (C=O) groups excluding carboxylic acids is 1. The summed E-state index contributed by atoms with van der Waals surface area (Å²) in [7, 11) is 0. The van der Waals surface area contributed by atoms with Gasteiger partial charge < -0.3 is 4.90 Å². The maximum atomic E-state index is 13.0. The van der Waals surface area contributed by atoms with Gasteiger partial charge in [0, 0.05) is 19.5 Å². The van der Waals surface area contributed by atoms with E-state index < -0.39 is 0 Å².